The number of hydrogen-bond donors (Lipinski definition) is 0. The van der Waals surface area contributed by atoms with Crippen LogP contribution in [0.4, 0.5) is 5.95 Å². The van der Waals surface area contributed by atoms with Crippen LogP contribution >= 0.6 is 0 Å². The minimum absolute atomic E-state index is 0.659. The molecule has 0 radical (unpaired) electrons. The number of ether oxygens (including phenoxy) is 1. The van der Waals surface area contributed by atoms with Gasteiger partial charge in [0.15, 0.2) is 5.75 Å². The summed E-state index contributed by atoms with van der Waals surface area (Å²) in [4.78, 5) is 10.9. The molecular weight excluding hydrogens is 190 g/mol. The Balaban J connectivity index is 2.02. The molecule has 0 atom stereocenters. The van der Waals surface area contributed by atoms with E-state index >= 15 is 0 Å². The monoisotopic (exact) mass is 207 g/mol. The highest BCUT2D eigenvalue weighted by Crippen LogP contribution is 2.16. The third-order valence-electron chi connectivity index (χ3n) is 2.56. The highest BCUT2D eigenvalue weighted by molar-refractivity contribution is 5.31. The molecule has 0 spiro atoms. The zero-order valence-corrected chi connectivity index (χ0v) is 9.15. The van der Waals surface area contributed by atoms with E-state index in [0.717, 1.165) is 24.8 Å². The van der Waals surface area contributed by atoms with Crippen molar-refractivity contribution in [3.8, 4) is 5.75 Å². The molecule has 82 valence electrons. The van der Waals surface area contributed by atoms with Gasteiger partial charge in [0.05, 0.1) is 19.0 Å². The Labute approximate surface area is 90.3 Å². The van der Waals surface area contributed by atoms with E-state index < -0.39 is 0 Å². The molecule has 2 rings (SSSR count). The van der Waals surface area contributed by atoms with E-state index in [-0.39, 0.29) is 0 Å². The van der Waals surface area contributed by atoms with Gasteiger partial charge in [-0.15, -0.1) is 0 Å². The molecule has 1 saturated heterocycles. The number of hydrogen-bond acceptors (Lipinski definition) is 4. The third-order valence-corrected chi connectivity index (χ3v) is 2.56. The number of anilines is 1. The van der Waals surface area contributed by atoms with Crippen LogP contribution in [0.25, 0.3) is 0 Å². The van der Waals surface area contributed by atoms with E-state index in [1.165, 1.54) is 19.3 Å². The van der Waals surface area contributed by atoms with Gasteiger partial charge in [0, 0.05) is 13.1 Å². The van der Waals surface area contributed by atoms with Crippen molar-refractivity contribution in [2.75, 3.05) is 24.6 Å². The first-order valence-electron chi connectivity index (χ1n) is 5.60. The Morgan fingerprint density at radius 2 is 1.87 bits per heavy atom. The summed E-state index contributed by atoms with van der Waals surface area (Å²) in [7, 11) is 0. The Morgan fingerprint density at radius 3 is 2.47 bits per heavy atom. The topological polar surface area (TPSA) is 38.2 Å². The highest BCUT2D eigenvalue weighted by atomic mass is 16.5. The predicted molar refractivity (Wildman–Crippen MR) is 59.3 cm³/mol. The molecule has 0 amide bonds. The van der Waals surface area contributed by atoms with Gasteiger partial charge >= 0.3 is 0 Å². The van der Waals surface area contributed by atoms with Crippen LogP contribution in [0.1, 0.15) is 26.2 Å². The normalized spacial score (nSPS) is 16.5. The SMILES string of the molecule is CCOc1cnc(N2CCCCC2)nc1. The molecule has 1 aliphatic rings. The fourth-order valence-corrected chi connectivity index (χ4v) is 1.81. The summed E-state index contributed by atoms with van der Waals surface area (Å²) in [5.74, 6) is 1.58. The molecule has 0 N–H and O–H groups in total. The van der Waals surface area contributed by atoms with E-state index in [1.807, 2.05) is 6.92 Å². The number of aromatic nitrogens is 2. The summed E-state index contributed by atoms with van der Waals surface area (Å²) >= 11 is 0. The summed E-state index contributed by atoms with van der Waals surface area (Å²) in [5.41, 5.74) is 0. The Morgan fingerprint density at radius 1 is 1.20 bits per heavy atom. The summed E-state index contributed by atoms with van der Waals surface area (Å²) < 4.78 is 5.30. The molecule has 0 aliphatic carbocycles. The molecule has 4 heteroatoms. The lowest BCUT2D eigenvalue weighted by molar-refractivity contribution is 0.337. The fourth-order valence-electron chi connectivity index (χ4n) is 1.81. The van der Waals surface area contributed by atoms with Gasteiger partial charge in [-0.2, -0.15) is 0 Å². The second-order valence-corrected chi connectivity index (χ2v) is 3.70. The van der Waals surface area contributed by atoms with E-state index in [4.69, 9.17) is 4.74 Å². The molecule has 2 heterocycles. The van der Waals surface area contributed by atoms with Crippen molar-refractivity contribution in [1.29, 1.82) is 0 Å². The zero-order valence-electron chi connectivity index (χ0n) is 9.15. The maximum Gasteiger partial charge on any atom is 0.225 e. The molecule has 15 heavy (non-hydrogen) atoms. The number of piperidine rings is 1. The third kappa shape index (κ3) is 2.58. The van der Waals surface area contributed by atoms with Gasteiger partial charge in [0.25, 0.3) is 0 Å². The van der Waals surface area contributed by atoms with Crippen LogP contribution in [0.2, 0.25) is 0 Å². The summed E-state index contributed by atoms with van der Waals surface area (Å²) in [6.07, 6.45) is 7.32. The first-order valence-corrected chi connectivity index (χ1v) is 5.60. The van der Waals surface area contributed by atoms with Crippen LogP contribution in [0.15, 0.2) is 12.4 Å². The lowest BCUT2D eigenvalue weighted by atomic mass is 10.1. The molecule has 0 bridgehead atoms. The summed E-state index contributed by atoms with van der Waals surface area (Å²) in [5, 5.41) is 0. The van der Waals surface area contributed by atoms with Crippen LogP contribution < -0.4 is 9.64 Å². The lowest BCUT2D eigenvalue weighted by Crippen LogP contribution is -2.30. The molecule has 0 aromatic carbocycles. The van der Waals surface area contributed by atoms with Gasteiger partial charge in [-0.25, -0.2) is 9.97 Å². The van der Waals surface area contributed by atoms with E-state index in [1.54, 1.807) is 12.4 Å². The molecule has 0 saturated carbocycles. The maximum absolute atomic E-state index is 5.30. The van der Waals surface area contributed by atoms with Crippen LogP contribution in [0.3, 0.4) is 0 Å². The Bertz CT molecular complexity index is 293. The maximum atomic E-state index is 5.30. The molecule has 1 aromatic rings. The largest absolute Gasteiger partial charge is 0.491 e. The van der Waals surface area contributed by atoms with Gasteiger partial charge < -0.3 is 9.64 Å². The van der Waals surface area contributed by atoms with Crippen molar-refractivity contribution < 1.29 is 4.74 Å². The fraction of sp³-hybridized carbons (Fsp3) is 0.636. The molecular formula is C11H17N3O. The van der Waals surface area contributed by atoms with Crippen molar-refractivity contribution in [1.82, 2.24) is 9.97 Å². The van der Waals surface area contributed by atoms with Crippen molar-refractivity contribution in [2.45, 2.75) is 26.2 Å². The van der Waals surface area contributed by atoms with Crippen LogP contribution in [0.5, 0.6) is 5.75 Å². The molecule has 0 unspecified atom stereocenters. The quantitative estimate of drug-likeness (QED) is 0.758. The van der Waals surface area contributed by atoms with Crippen LogP contribution in [-0.4, -0.2) is 29.7 Å². The minimum atomic E-state index is 0.659. The van der Waals surface area contributed by atoms with Crippen molar-refractivity contribution in [3.05, 3.63) is 12.4 Å². The summed E-state index contributed by atoms with van der Waals surface area (Å²) in [6, 6.07) is 0. The first kappa shape index (κ1) is 10.2. The molecule has 1 aromatic heterocycles. The van der Waals surface area contributed by atoms with Crippen molar-refractivity contribution in [3.63, 3.8) is 0 Å². The van der Waals surface area contributed by atoms with E-state index in [2.05, 4.69) is 14.9 Å². The summed E-state index contributed by atoms with van der Waals surface area (Å²) in [6.45, 7) is 4.77. The average molecular weight is 207 g/mol. The van der Waals surface area contributed by atoms with Crippen molar-refractivity contribution >= 4 is 5.95 Å². The lowest BCUT2D eigenvalue weighted by Gasteiger charge is -2.26. The van der Waals surface area contributed by atoms with Gasteiger partial charge in [-0.3, -0.25) is 0 Å². The van der Waals surface area contributed by atoms with E-state index in [9.17, 15) is 0 Å². The molecule has 1 aliphatic heterocycles. The van der Waals surface area contributed by atoms with Gasteiger partial charge in [-0.05, 0) is 26.2 Å². The van der Waals surface area contributed by atoms with Gasteiger partial charge in [0.1, 0.15) is 0 Å². The standard InChI is InChI=1S/C11H17N3O/c1-2-15-10-8-12-11(13-9-10)14-6-4-3-5-7-14/h8-9H,2-7H2,1H3. The van der Waals surface area contributed by atoms with Crippen LogP contribution in [0, 0.1) is 0 Å². The predicted octanol–water partition coefficient (Wildman–Crippen LogP) is 1.87. The van der Waals surface area contributed by atoms with Crippen LogP contribution in [-0.2, 0) is 0 Å². The smallest absolute Gasteiger partial charge is 0.225 e. The van der Waals surface area contributed by atoms with Crippen molar-refractivity contribution in [2.24, 2.45) is 0 Å². The second kappa shape index (κ2) is 4.96. The van der Waals surface area contributed by atoms with E-state index in [0.29, 0.717) is 6.61 Å². The molecule has 1 fully saturated rings. The number of rotatable bonds is 3. The average Bonchev–Trinajstić information content (AvgIpc) is 2.32. The Hall–Kier alpha value is -1.32. The van der Waals surface area contributed by atoms with Gasteiger partial charge in [0.2, 0.25) is 5.95 Å². The first-order chi connectivity index (χ1) is 7.40. The minimum Gasteiger partial charge on any atom is -0.491 e. The zero-order chi connectivity index (χ0) is 10.5. The molecule has 4 nitrogen and oxygen atoms in total. The highest BCUT2D eigenvalue weighted by Gasteiger charge is 2.12. The van der Waals surface area contributed by atoms with Gasteiger partial charge in [-0.1, -0.05) is 0 Å². The Kier molecular flexibility index (Phi) is 3.37. The second-order valence-electron chi connectivity index (χ2n) is 3.70. The number of nitrogens with zero attached hydrogens (tertiary/aromatic N) is 3.